The lowest BCUT2D eigenvalue weighted by Gasteiger charge is -2.28. The fourth-order valence-corrected chi connectivity index (χ4v) is 4.32. The van der Waals surface area contributed by atoms with Crippen molar-refractivity contribution < 1.29 is 14.3 Å². The van der Waals surface area contributed by atoms with Crippen molar-refractivity contribution in [3.8, 4) is 17.0 Å². The zero-order valence-electron chi connectivity index (χ0n) is 23.6. The largest absolute Gasteiger partial charge is 0.494 e. The van der Waals surface area contributed by atoms with Crippen LogP contribution in [-0.4, -0.2) is 65.8 Å². The number of benzene rings is 2. The molecule has 4 aromatic rings. The molecular formula is C29H37N7O3. The molecule has 0 unspecified atom stereocenters. The minimum Gasteiger partial charge on any atom is -0.494 e. The van der Waals surface area contributed by atoms with Crippen LogP contribution < -0.4 is 20.7 Å². The lowest BCUT2D eigenvalue weighted by atomic mass is 10.1. The van der Waals surface area contributed by atoms with Gasteiger partial charge < -0.3 is 35.3 Å². The Labute approximate surface area is 229 Å². The van der Waals surface area contributed by atoms with E-state index >= 15 is 0 Å². The fourth-order valence-electron chi connectivity index (χ4n) is 4.32. The van der Waals surface area contributed by atoms with E-state index in [4.69, 9.17) is 20.2 Å². The first-order chi connectivity index (χ1) is 18.5. The van der Waals surface area contributed by atoms with Crippen molar-refractivity contribution in [2.75, 3.05) is 50.2 Å². The number of carbonyl (C=O) groups is 1. The third-order valence-electron chi connectivity index (χ3n) is 6.29. The summed E-state index contributed by atoms with van der Waals surface area (Å²) in [5, 5.41) is 4.36. The summed E-state index contributed by atoms with van der Waals surface area (Å²) < 4.78 is 11.1. The molecule has 206 valence electrons. The van der Waals surface area contributed by atoms with Crippen LogP contribution in [0.15, 0.2) is 48.7 Å². The molecule has 0 bridgehead atoms. The quantitative estimate of drug-likeness (QED) is 0.252. The Morgan fingerprint density at radius 3 is 2.59 bits per heavy atom. The summed E-state index contributed by atoms with van der Waals surface area (Å²) >= 11 is 0. The van der Waals surface area contributed by atoms with Gasteiger partial charge in [0.15, 0.2) is 0 Å². The monoisotopic (exact) mass is 531 g/mol. The standard InChI is InChI=1S/C29H37N7O3/c1-18-26(19-10-8-9-11-21(19)32-18)22-12-13-31-27(33-22)34-23-16-20(30)24(17-25(23)38-7)35(5)14-15-36(6)28(37)39-29(2,3)4/h8-13,16-17,32H,14-15,30H2,1-7H3,(H,31,33,34). The zero-order valence-corrected chi connectivity index (χ0v) is 23.6. The average Bonchev–Trinajstić information content (AvgIpc) is 3.22. The second kappa shape index (κ2) is 11.1. The van der Waals surface area contributed by atoms with Gasteiger partial charge in [-0.25, -0.2) is 14.8 Å². The number of methoxy groups -OCH3 is 1. The molecule has 4 rings (SSSR count). The highest BCUT2D eigenvalue weighted by molar-refractivity contribution is 5.96. The van der Waals surface area contributed by atoms with Gasteiger partial charge in [-0.2, -0.15) is 0 Å². The number of anilines is 4. The zero-order chi connectivity index (χ0) is 28.3. The van der Waals surface area contributed by atoms with E-state index in [1.54, 1.807) is 31.3 Å². The first-order valence-corrected chi connectivity index (χ1v) is 12.8. The van der Waals surface area contributed by atoms with Crippen LogP contribution >= 0.6 is 0 Å². The van der Waals surface area contributed by atoms with Gasteiger partial charge in [-0.05, 0) is 45.9 Å². The van der Waals surface area contributed by atoms with Crippen molar-refractivity contribution in [2.45, 2.75) is 33.3 Å². The summed E-state index contributed by atoms with van der Waals surface area (Å²) in [6.45, 7) is 8.58. The van der Waals surface area contributed by atoms with Crippen LogP contribution in [0.3, 0.4) is 0 Å². The topological polar surface area (TPSA) is 122 Å². The molecule has 2 aromatic heterocycles. The van der Waals surface area contributed by atoms with E-state index in [-0.39, 0.29) is 6.09 Å². The Morgan fingerprint density at radius 1 is 1.13 bits per heavy atom. The number of fused-ring (bicyclic) bond motifs is 1. The first-order valence-electron chi connectivity index (χ1n) is 12.8. The molecule has 4 N–H and O–H groups in total. The van der Waals surface area contributed by atoms with Gasteiger partial charge in [0, 0.05) is 61.6 Å². The second-order valence-corrected chi connectivity index (χ2v) is 10.5. The Bertz CT molecular complexity index is 1480. The molecule has 10 heteroatoms. The maximum atomic E-state index is 12.3. The number of H-pyrrole nitrogens is 1. The van der Waals surface area contributed by atoms with Gasteiger partial charge in [0.25, 0.3) is 0 Å². The third-order valence-corrected chi connectivity index (χ3v) is 6.29. The molecule has 0 aliphatic heterocycles. The molecule has 0 saturated heterocycles. The molecule has 0 aliphatic rings. The summed E-state index contributed by atoms with van der Waals surface area (Å²) in [5.41, 5.74) is 11.8. The fraction of sp³-hybridized carbons (Fsp3) is 0.345. The van der Waals surface area contributed by atoms with E-state index in [9.17, 15) is 4.79 Å². The molecular weight excluding hydrogens is 494 g/mol. The van der Waals surface area contributed by atoms with E-state index in [1.165, 1.54) is 0 Å². The number of aromatic amines is 1. The van der Waals surface area contributed by atoms with Crippen molar-refractivity contribution in [3.63, 3.8) is 0 Å². The SMILES string of the molecule is COc1cc(N(C)CCN(C)C(=O)OC(C)(C)C)c(N)cc1Nc1nccc(-c2c(C)[nH]c3ccccc23)n1. The number of para-hydroxylation sites is 1. The van der Waals surface area contributed by atoms with Crippen LogP contribution in [-0.2, 0) is 4.74 Å². The molecule has 1 amide bonds. The number of ether oxygens (including phenoxy) is 2. The first kappa shape index (κ1) is 27.6. The number of hydrogen-bond acceptors (Lipinski definition) is 8. The maximum absolute atomic E-state index is 12.3. The van der Waals surface area contributed by atoms with E-state index in [0.29, 0.717) is 36.2 Å². The number of aryl methyl sites for hydroxylation is 1. The van der Waals surface area contributed by atoms with Crippen LogP contribution in [0.25, 0.3) is 22.2 Å². The maximum Gasteiger partial charge on any atom is 0.410 e. The van der Waals surface area contributed by atoms with Crippen molar-refractivity contribution >= 4 is 40.0 Å². The number of carbonyl (C=O) groups excluding carboxylic acids is 1. The molecule has 0 aliphatic carbocycles. The van der Waals surface area contributed by atoms with Crippen molar-refractivity contribution in [1.29, 1.82) is 0 Å². The number of rotatable bonds is 8. The highest BCUT2D eigenvalue weighted by Crippen LogP contribution is 2.37. The highest BCUT2D eigenvalue weighted by Gasteiger charge is 2.20. The van der Waals surface area contributed by atoms with Crippen LogP contribution in [0.2, 0.25) is 0 Å². The minimum atomic E-state index is -0.546. The lowest BCUT2D eigenvalue weighted by Crippen LogP contribution is -2.38. The molecule has 2 aromatic carbocycles. The Morgan fingerprint density at radius 2 is 1.87 bits per heavy atom. The summed E-state index contributed by atoms with van der Waals surface area (Å²) in [5.74, 6) is 1.01. The van der Waals surface area contributed by atoms with Gasteiger partial charge in [0.1, 0.15) is 11.4 Å². The molecule has 39 heavy (non-hydrogen) atoms. The van der Waals surface area contributed by atoms with Crippen molar-refractivity contribution in [3.05, 3.63) is 54.4 Å². The normalized spacial score (nSPS) is 11.4. The Balaban J connectivity index is 1.52. The summed E-state index contributed by atoms with van der Waals surface area (Å²) in [6.07, 6.45) is 1.36. The lowest BCUT2D eigenvalue weighted by molar-refractivity contribution is 0.0303. The molecule has 0 atom stereocenters. The molecule has 0 spiro atoms. The second-order valence-electron chi connectivity index (χ2n) is 10.5. The molecule has 10 nitrogen and oxygen atoms in total. The highest BCUT2D eigenvalue weighted by atomic mass is 16.6. The Hall–Kier alpha value is -4.47. The smallest absolute Gasteiger partial charge is 0.410 e. The van der Waals surface area contributed by atoms with E-state index in [2.05, 4.69) is 21.4 Å². The van der Waals surface area contributed by atoms with Crippen LogP contribution in [0, 0.1) is 6.92 Å². The van der Waals surface area contributed by atoms with Crippen LogP contribution in [0.1, 0.15) is 26.5 Å². The average molecular weight is 532 g/mol. The number of nitrogens with one attached hydrogen (secondary N) is 2. The van der Waals surface area contributed by atoms with Gasteiger partial charge in [0.05, 0.1) is 29.9 Å². The van der Waals surface area contributed by atoms with Gasteiger partial charge in [-0.15, -0.1) is 0 Å². The molecule has 0 radical (unpaired) electrons. The van der Waals surface area contributed by atoms with E-state index < -0.39 is 5.60 Å². The third kappa shape index (κ3) is 6.34. The van der Waals surface area contributed by atoms with Gasteiger partial charge in [-0.3, -0.25) is 0 Å². The predicted molar refractivity (Wildman–Crippen MR) is 157 cm³/mol. The molecule has 0 fully saturated rings. The van der Waals surface area contributed by atoms with Crippen molar-refractivity contribution in [2.24, 2.45) is 0 Å². The van der Waals surface area contributed by atoms with E-state index in [0.717, 1.165) is 33.5 Å². The number of likely N-dealkylation sites (N-methyl/N-ethyl adjacent to an activating group) is 2. The van der Waals surface area contributed by atoms with E-state index in [1.807, 2.05) is 70.0 Å². The summed E-state index contributed by atoms with van der Waals surface area (Å²) in [4.78, 5) is 28.4. The Kier molecular flexibility index (Phi) is 7.85. The molecule has 0 saturated carbocycles. The van der Waals surface area contributed by atoms with Gasteiger partial charge >= 0.3 is 6.09 Å². The number of nitrogens with two attached hydrogens (primary N) is 1. The number of nitrogen functional groups attached to an aromatic ring is 1. The number of hydrogen-bond donors (Lipinski definition) is 3. The summed E-state index contributed by atoms with van der Waals surface area (Å²) in [7, 11) is 5.23. The summed E-state index contributed by atoms with van der Waals surface area (Å²) in [6, 6.07) is 13.7. The van der Waals surface area contributed by atoms with Gasteiger partial charge in [-0.1, -0.05) is 18.2 Å². The van der Waals surface area contributed by atoms with Crippen LogP contribution in [0.5, 0.6) is 5.75 Å². The minimum absolute atomic E-state index is 0.369. The predicted octanol–water partition coefficient (Wildman–Crippen LogP) is 5.57. The number of aromatic nitrogens is 3. The van der Waals surface area contributed by atoms with Crippen LogP contribution in [0.4, 0.5) is 27.8 Å². The number of amides is 1. The van der Waals surface area contributed by atoms with Gasteiger partial charge in [0.2, 0.25) is 5.95 Å². The van der Waals surface area contributed by atoms with Crippen molar-refractivity contribution in [1.82, 2.24) is 19.9 Å². The molecule has 2 heterocycles. The number of nitrogens with zero attached hydrogens (tertiary/aromatic N) is 4.